The average Bonchev–Trinajstić information content (AvgIpc) is 3.80. The number of ether oxygens (including phenoxy) is 3. The summed E-state index contributed by atoms with van der Waals surface area (Å²) in [7, 11) is 0. The maximum Gasteiger partial charge on any atom is 0.415 e. The first kappa shape index (κ1) is 30.3. The highest BCUT2D eigenvalue weighted by molar-refractivity contribution is 5.90. The van der Waals surface area contributed by atoms with E-state index >= 15 is 0 Å². The van der Waals surface area contributed by atoms with E-state index in [1.54, 1.807) is 17.0 Å². The summed E-state index contributed by atoms with van der Waals surface area (Å²) in [4.78, 5) is 33.3. The van der Waals surface area contributed by atoms with Gasteiger partial charge >= 0.3 is 12.2 Å². The van der Waals surface area contributed by atoms with Crippen LogP contribution in [0.5, 0.6) is 11.5 Å². The summed E-state index contributed by atoms with van der Waals surface area (Å²) < 4.78 is 31.7. The number of amides is 1. The number of halogens is 1. The Balaban J connectivity index is 0.00000118. The zero-order valence-corrected chi connectivity index (χ0v) is 24.6. The highest BCUT2D eigenvalue weighted by Gasteiger charge is 2.47. The molecule has 2 saturated heterocycles. The van der Waals surface area contributed by atoms with Crippen LogP contribution in [0.1, 0.15) is 56.6 Å². The van der Waals surface area contributed by atoms with Crippen LogP contribution < -0.4 is 14.4 Å². The Hall–Kier alpha value is -4.20. The summed E-state index contributed by atoms with van der Waals surface area (Å²) in [6, 6.07) is 19.0. The molecule has 0 radical (unpaired) electrons. The van der Waals surface area contributed by atoms with E-state index < -0.39 is 5.60 Å². The predicted octanol–water partition coefficient (Wildman–Crippen LogP) is 6.58. The molecule has 1 saturated carbocycles. The number of carbonyl (C=O) groups excluding carboxylic acids is 3. The van der Waals surface area contributed by atoms with E-state index in [-0.39, 0.29) is 18.1 Å². The van der Waals surface area contributed by atoms with Crippen LogP contribution in [0.3, 0.4) is 0 Å². The van der Waals surface area contributed by atoms with Crippen LogP contribution in [-0.2, 0) is 20.9 Å². The molecule has 0 unspecified atom stereocenters. The molecule has 0 atom stereocenters. The van der Waals surface area contributed by atoms with Crippen molar-refractivity contribution in [3.05, 3.63) is 77.6 Å². The third-order valence-corrected chi connectivity index (χ3v) is 8.26. The molecule has 3 aromatic carbocycles. The van der Waals surface area contributed by atoms with Crippen LogP contribution >= 0.6 is 0 Å². The number of benzene rings is 3. The fourth-order valence-corrected chi connectivity index (χ4v) is 5.98. The van der Waals surface area contributed by atoms with Gasteiger partial charge in [0.2, 0.25) is 0 Å². The molecule has 6 rings (SSSR count). The minimum atomic E-state index is -0.442. The van der Waals surface area contributed by atoms with Crippen LogP contribution in [0.25, 0.3) is 11.1 Å². The number of hydrogen-bond donors (Lipinski definition) is 0. The Morgan fingerprint density at radius 2 is 1.51 bits per heavy atom. The third kappa shape index (κ3) is 7.07. The van der Waals surface area contributed by atoms with Crippen molar-refractivity contribution in [2.24, 2.45) is 0 Å². The lowest BCUT2D eigenvalue weighted by atomic mass is 9.91. The monoisotopic (exact) mass is 588 g/mol. The van der Waals surface area contributed by atoms with E-state index in [4.69, 9.17) is 23.8 Å². The van der Waals surface area contributed by atoms with E-state index in [0.717, 1.165) is 66.4 Å². The zero-order valence-electron chi connectivity index (χ0n) is 24.6. The highest BCUT2D eigenvalue weighted by atomic mass is 19.1. The third-order valence-electron chi connectivity index (χ3n) is 8.26. The Labute approximate surface area is 251 Å². The minimum absolute atomic E-state index is 0.244. The lowest BCUT2D eigenvalue weighted by Gasteiger charge is -2.37. The smallest absolute Gasteiger partial charge is 0.415 e. The van der Waals surface area contributed by atoms with Crippen molar-refractivity contribution < 1.29 is 33.0 Å². The molecular weight excluding hydrogens is 551 g/mol. The fraction of sp³-hybridized carbons (Fsp3) is 0.412. The molecule has 8 nitrogen and oxygen atoms in total. The Morgan fingerprint density at radius 3 is 2.05 bits per heavy atom. The topological polar surface area (TPSA) is 85.4 Å². The van der Waals surface area contributed by atoms with Gasteiger partial charge in [0.25, 0.3) is 0 Å². The standard InChI is InChI=1S/C33H37FN2O4.CO2/c1-3-38-29-19-23(20-30(39-4-2)31(29)26-7-11-27(34)12-8-26)21-35-17-15-33(16-18-35)22-36(32(37)40-33)28-13-9-25(10-14-28)24-5-6-24;2-1-3/h7-14,19-20,24H,3-6,15-18,21-22H2,1-2H3;. The average molecular weight is 589 g/mol. The number of rotatable bonds is 9. The summed E-state index contributed by atoms with van der Waals surface area (Å²) in [6.07, 6.45) is 4.12. The maximum absolute atomic E-state index is 13.6. The second kappa shape index (κ2) is 13.4. The SMILES string of the molecule is CCOc1cc(CN2CCC3(CC2)CN(c2ccc(C4CC4)cc2)C(=O)O3)cc(OCC)c1-c1ccc(F)cc1.O=C=O. The molecule has 9 heteroatoms. The lowest BCUT2D eigenvalue weighted by molar-refractivity contribution is -0.191. The second-order valence-electron chi connectivity index (χ2n) is 11.2. The van der Waals surface area contributed by atoms with Gasteiger partial charge in [-0.3, -0.25) is 9.80 Å². The van der Waals surface area contributed by atoms with Crippen molar-refractivity contribution >= 4 is 17.9 Å². The summed E-state index contributed by atoms with van der Waals surface area (Å²) in [5.41, 5.74) is 4.63. The van der Waals surface area contributed by atoms with Gasteiger partial charge in [0.1, 0.15) is 22.9 Å². The molecule has 2 heterocycles. The minimum Gasteiger partial charge on any atom is -0.493 e. The van der Waals surface area contributed by atoms with Gasteiger partial charge in [0.15, 0.2) is 0 Å². The van der Waals surface area contributed by atoms with Crippen LogP contribution in [-0.4, -0.2) is 55.6 Å². The zero-order chi connectivity index (χ0) is 30.4. The molecule has 226 valence electrons. The Morgan fingerprint density at radius 1 is 0.930 bits per heavy atom. The number of hydrogen-bond acceptors (Lipinski definition) is 7. The first-order chi connectivity index (χ1) is 20.9. The summed E-state index contributed by atoms with van der Waals surface area (Å²) in [5.74, 6) is 1.89. The molecular formula is C34H37FN2O6. The Kier molecular flexibility index (Phi) is 9.43. The van der Waals surface area contributed by atoms with Gasteiger partial charge in [-0.2, -0.15) is 9.59 Å². The molecule has 2 aliphatic heterocycles. The second-order valence-corrected chi connectivity index (χ2v) is 11.2. The van der Waals surface area contributed by atoms with E-state index in [2.05, 4.69) is 41.3 Å². The van der Waals surface area contributed by atoms with Gasteiger partial charge in [-0.05, 0) is 85.7 Å². The highest BCUT2D eigenvalue weighted by Crippen LogP contribution is 2.43. The molecule has 0 bridgehead atoms. The van der Waals surface area contributed by atoms with Gasteiger partial charge in [-0.15, -0.1) is 0 Å². The van der Waals surface area contributed by atoms with Crippen molar-refractivity contribution in [1.82, 2.24) is 4.90 Å². The molecule has 1 spiro atoms. The van der Waals surface area contributed by atoms with Crippen molar-refractivity contribution in [3.63, 3.8) is 0 Å². The summed E-state index contributed by atoms with van der Waals surface area (Å²) in [6.45, 7) is 7.93. The molecule has 43 heavy (non-hydrogen) atoms. The van der Waals surface area contributed by atoms with Crippen molar-refractivity contribution in [3.8, 4) is 22.6 Å². The quantitative estimate of drug-likeness (QED) is 0.279. The van der Waals surface area contributed by atoms with Crippen molar-refractivity contribution in [2.75, 3.05) is 37.7 Å². The molecule has 0 aromatic heterocycles. The van der Waals surface area contributed by atoms with E-state index in [1.165, 1.54) is 30.5 Å². The number of piperidine rings is 1. The number of carbonyl (C=O) groups is 1. The molecule has 3 fully saturated rings. The number of likely N-dealkylation sites (tertiary alicyclic amines) is 1. The number of anilines is 1. The van der Waals surface area contributed by atoms with E-state index in [1.807, 2.05) is 13.8 Å². The number of nitrogens with zero attached hydrogens (tertiary/aromatic N) is 2. The van der Waals surface area contributed by atoms with E-state index in [0.29, 0.717) is 25.7 Å². The van der Waals surface area contributed by atoms with Crippen LogP contribution in [0.2, 0.25) is 0 Å². The molecule has 1 amide bonds. The Bertz CT molecular complexity index is 1410. The molecule has 3 aromatic rings. The normalized spacial score (nSPS) is 17.6. The molecule has 0 N–H and O–H groups in total. The van der Waals surface area contributed by atoms with Gasteiger partial charge in [0.05, 0.1) is 25.3 Å². The fourth-order valence-electron chi connectivity index (χ4n) is 5.98. The molecule has 1 aliphatic carbocycles. The first-order valence-electron chi connectivity index (χ1n) is 14.9. The van der Waals surface area contributed by atoms with E-state index in [9.17, 15) is 9.18 Å². The van der Waals surface area contributed by atoms with Crippen molar-refractivity contribution in [1.29, 1.82) is 0 Å². The molecule has 3 aliphatic rings. The predicted molar refractivity (Wildman–Crippen MR) is 159 cm³/mol. The lowest BCUT2D eigenvalue weighted by Crippen LogP contribution is -2.46. The summed E-state index contributed by atoms with van der Waals surface area (Å²) >= 11 is 0. The largest absolute Gasteiger partial charge is 0.493 e. The van der Waals surface area contributed by atoms with Crippen LogP contribution in [0, 0.1) is 5.82 Å². The first-order valence-corrected chi connectivity index (χ1v) is 14.9. The summed E-state index contributed by atoms with van der Waals surface area (Å²) in [5, 5.41) is 0. The van der Waals surface area contributed by atoms with Crippen LogP contribution in [0.4, 0.5) is 14.9 Å². The van der Waals surface area contributed by atoms with Gasteiger partial charge in [-0.1, -0.05) is 24.3 Å². The van der Waals surface area contributed by atoms with Crippen LogP contribution in [0.15, 0.2) is 60.7 Å². The van der Waals surface area contributed by atoms with Gasteiger partial charge < -0.3 is 14.2 Å². The van der Waals surface area contributed by atoms with Crippen molar-refractivity contribution in [2.45, 2.75) is 57.6 Å². The maximum atomic E-state index is 13.6. The van der Waals surface area contributed by atoms with Gasteiger partial charge in [0, 0.05) is 38.2 Å². The van der Waals surface area contributed by atoms with Gasteiger partial charge in [-0.25, -0.2) is 9.18 Å².